The molecule has 0 saturated carbocycles. The van der Waals surface area contributed by atoms with E-state index in [1.165, 1.54) is 0 Å². The Morgan fingerprint density at radius 3 is 2.52 bits per heavy atom. The number of hydrogen-bond donors (Lipinski definition) is 1. The van der Waals surface area contributed by atoms with E-state index in [1.54, 1.807) is 13.8 Å². The Kier molecular flexibility index (Phi) is 6.68. The van der Waals surface area contributed by atoms with Crippen LogP contribution in [-0.4, -0.2) is 32.1 Å². The summed E-state index contributed by atoms with van der Waals surface area (Å²) in [4.78, 5) is 0. The highest BCUT2D eigenvalue weighted by molar-refractivity contribution is 7.91. The van der Waals surface area contributed by atoms with Crippen LogP contribution < -0.4 is 10.5 Å². The predicted molar refractivity (Wildman–Crippen MR) is 87.6 cm³/mol. The SMILES string of the molecule is CCC(N)Cc1cc(C)ccc1OCCS(=O)(=O)C(C)C. The maximum absolute atomic E-state index is 11.8. The van der Waals surface area contributed by atoms with Gasteiger partial charge in [-0.1, -0.05) is 24.6 Å². The van der Waals surface area contributed by atoms with E-state index in [2.05, 4.69) is 13.0 Å². The second-order valence-electron chi connectivity index (χ2n) is 5.75. The van der Waals surface area contributed by atoms with Crippen LogP contribution in [-0.2, 0) is 16.3 Å². The molecule has 1 rings (SSSR count). The highest BCUT2D eigenvalue weighted by Gasteiger charge is 2.16. The number of benzene rings is 1. The highest BCUT2D eigenvalue weighted by Crippen LogP contribution is 2.22. The van der Waals surface area contributed by atoms with Crippen LogP contribution in [0.25, 0.3) is 0 Å². The lowest BCUT2D eigenvalue weighted by Crippen LogP contribution is -2.23. The van der Waals surface area contributed by atoms with Crippen molar-refractivity contribution < 1.29 is 13.2 Å². The Morgan fingerprint density at radius 2 is 1.95 bits per heavy atom. The molecule has 1 unspecified atom stereocenters. The first-order valence-corrected chi connectivity index (χ1v) is 9.17. The summed E-state index contributed by atoms with van der Waals surface area (Å²) in [5.74, 6) is 0.779. The molecule has 0 fully saturated rings. The van der Waals surface area contributed by atoms with Gasteiger partial charge in [0.2, 0.25) is 0 Å². The van der Waals surface area contributed by atoms with Crippen LogP contribution in [0.2, 0.25) is 0 Å². The Balaban J connectivity index is 2.74. The van der Waals surface area contributed by atoms with Crippen molar-refractivity contribution in [2.45, 2.75) is 51.8 Å². The molecule has 21 heavy (non-hydrogen) atoms. The predicted octanol–water partition coefficient (Wildman–Crippen LogP) is 2.48. The lowest BCUT2D eigenvalue weighted by Gasteiger charge is -2.16. The van der Waals surface area contributed by atoms with E-state index in [1.807, 2.05) is 19.1 Å². The van der Waals surface area contributed by atoms with Crippen LogP contribution >= 0.6 is 0 Å². The van der Waals surface area contributed by atoms with Gasteiger partial charge in [-0.15, -0.1) is 0 Å². The van der Waals surface area contributed by atoms with Gasteiger partial charge < -0.3 is 10.5 Å². The molecule has 0 aromatic heterocycles. The van der Waals surface area contributed by atoms with Crippen molar-refractivity contribution in [3.63, 3.8) is 0 Å². The molecule has 1 atom stereocenters. The molecule has 0 amide bonds. The lowest BCUT2D eigenvalue weighted by atomic mass is 10.0. The summed E-state index contributed by atoms with van der Waals surface area (Å²) in [6.45, 7) is 7.63. The highest BCUT2D eigenvalue weighted by atomic mass is 32.2. The fraction of sp³-hybridized carbons (Fsp3) is 0.625. The second-order valence-corrected chi connectivity index (χ2v) is 8.42. The van der Waals surface area contributed by atoms with Crippen LogP contribution in [0, 0.1) is 6.92 Å². The molecule has 2 N–H and O–H groups in total. The summed E-state index contributed by atoms with van der Waals surface area (Å²) in [6.07, 6.45) is 1.64. The number of ether oxygens (including phenoxy) is 1. The molecule has 0 aliphatic rings. The summed E-state index contributed by atoms with van der Waals surface area (Å²) in [5.41, 5.74) is 8.21. The van der Waals surface area contributed by atoms with Crippen molar-refractivity contribution in [1.82, 2.24) is 0 Å². The van der Waals surface area contributed by atoms with E-state index in [-0.39, 0.29) is 23.7 Å². The van der Waals surface area contributed by atoms with Gasteiger partial charge in [0.05, 0.1) is 11.0 Å². The van der Waals surface area contributed by atoms with Gasteiger partial charge in [-0.2, -0.15) is 0 Å². The molecule has 5 heteroatoms. The summed E-state index contributed by atoms with van der Waals surface area (Å²) in [6, 6.07) is 6.01. The standard InChI is InChI=1S/C16H27NO3S/c1-5-15(17)11-14-10-13(4)6-7-16(14)20-8-9-21(18,19)12(2)3/h6-7,10,12,15H,5,8-9,11,17H2,1-4H3. The average molecular weight is 313 g/mol. The normalized spacial score (nSPS) is 13.4. The van der Waals surface area contributed by atoms with Crippen molar-refractivity contribution in [1.29, 1.82) is 0 Å². The van der Waals surface area contributed by atoms with Gasteiger partial charge in [0.1, 0.15) is 12.4 Å². The smallest absolute Gasteiger partial charge is 0.155 e. The summed E-state index contributed by atoms with van der Waals surface area (Å²) in [7, 11) is -3.07. The maximum atomic E-state index is 11.8. The summed E-state index contributed by atoms with van der Waals surface area (Å²) >= 11 is 0. The van der Waals surface area contributed by atoms with Crippen molar-refractivity contribution >= 4 is 9.84 Å². The zero-order chi connectivity index (χ0) is 16.0. The monoisotopic (exact) mass is 313 g/mol. The lowest BCUT2D eigenvalue weighted by molar-refractivity contribution is 0.335. The third-order valence-electron chi connectivity index (χ3n) is 3.57. The number of hydrogen-bond acceptors (Lipinski definition) is 4. The van der Waals surface area contributed by atoms with Crippen LogP contribution in [0.1, 0.15) is 38.3 Å². The van der Waals surface area contributed by atoms with Crippen molar-refractivity contribution in [3.05, 3.63) is 29.3 Å². The minimum absolute atomic E-state index is 0.0395. The molecular weight excluding hydrogens is 286 g/mol. The van der Waals surface area contributed by atoms with E-state index in [0.29, 0.717) is 0 Å². The minimum atomic E-state index is -3.07. The molecule has 0 aliphatic heterocycles. The topological polar surface area (TPSA) is 69.4 Å². The molecule has 1 aromatic carbocycles. The fourth-order valence-corrected chi connectivity index (χ4v) is 2.73. The van der Waals surface area contributed by atoms with E-state index in [4.69, 9.17) is 10.5 Å². The number of rotatable bonds is 8. The molecule has 1 aromatic rings. The van der Waals surface area contributed by atoms with Gasteiger partial charge in [-0.25, -0.2) is 8.42 Å². The molecule has 0 saturated heterocycles. The summed E-state index contributed by atoms with van der Waals surface area (Å²) in [5, 5.41) is -0.368. The Morgan fingerprint density at radius 1 is 1.29 bits per heavy atom. The van der Waals surface area contributed by atoms with E-state index in [9.17, 15) is 8.42 Å². The van der Waals surface area contributed by atoms with Gasteiger partial charge in [-0.05, 0) is 45.2 Å². The summed E-state index contributed by atoms with van der Waals surface area (Å²) < 4.78 is 29.3. The van der Waals surface area contributed by atoms with E-state index >= 15 is 0 Å². The first-order valence-electron chi connectivity index (χ1n) is 7.45. The first kappa shape index (κ1) is 18.0. The van der Waals surface area contributed by atoms with Gasteiger partial charge >= 0.3 is 0 Å². The van der Waals surface area contributed by atoms with Crippen molar-refractivity contribution in [3.8, 4) is 5.75 Å². The third-order valence-corrected chi connectivity index (χ3v) is 5.74. The Labute approximate surface area is 128 Å². The molecule has 0 radical (unpaired) electrons. The quantitative estimate of drug-likeness (QED) is 0.800. The van der Waals surface area contributed by atoms with Crippen LogP contribution in [0.3, 0.4) is 0 Å². The Bertz CT molecular complexity index is 553. The average Bonchev–Trinajstić information content (AvgIpc) is 2.40. The maximum Gasteiger partial charge on any atom is 0.155 e. The fourth-order valence-electron chi connectivity index (χ4n) is 1.94. The number of sulfone groups is 1. The molecule has 0 aliphatic carbocycles. The van der Waals surface area contributed by atoms with Gasteiger partial charge in [-0.3, -0.25) is 0 Å². The van der Waals surface area contributed by atoms with Crippen molar-refractivity contribution in [2.75, 3.05) is 12.4 Å². The minimum Gasteiger partial charge on any atom is -0.492 e. The zero-order valence-electron chi connectivity index (χ0n) is 13.4. The third kappa shape index (κ3) is 5.67. The molecule has 0 spiro atoms. The van der Waals surface area contributed by atoms with Crippen molar-refractivity contribution in [2.24, 2.45) is 5.73 Å². The van der Waals surface area contributed by atoms with E-state index in [0.717, 1.165) is 29.7 Å². The molecule has 0 bridgehead atoms. The first-order chi connectivity index (χ1) is 9.76. The van der Waals surface area contributed by atoms with E-state index < -0.39 is 9.84 Å². The van der Waals surface area contributed by atoms with Gasteiger partial charge in [0, 0.05) is 6.04 Å². The van der Waals surface area contributed by atoms with Crippen LogP contribution in [0.5, 0.6) is 5.75 Å². The van der Waals surface area contributed by atoms with Crippen LogP contribution in [0.4, 0.5) is 0 Å². The molecular formula is C16H27NO3S. The van der Waals surface area contributed by atoms with Gasteiger partial charge in [0.25, 0.3) is 0 Å². The van der Waals surface area contributed by atoms with Gasteiger partial charge in [0.15, 0.2) is 9.84 Å². The zero-order valence-corrected chi connectivity index (χ0v) is 14.2. The van der Waals surface area contributed by atoms with Crippen LogP contribution in [0.15, 0.2) is 18.2 Å². The number of nitrogens with two attached hydrogens (primary N) is 1. The molecule has 4 nitrogen and oxygen atoms in total. The largest absolute Gasteiger partial charge is 0.492 e. The molecule has 120 valence electrons. The second kappa shape index (κ2) is 7.80. The Hall–Kier alpha value is -1.07. The molecule has 0 heterocycles. The number of aryl methyl sites for hydroxylation is 1.